The van der Waals surface area contributed by atoms with E-state index in [4.69, 9.17) is 9.47 Å². The number of likely N-dealkylation sites (tertiary alicyclic amines) is 1. The summed E-state index contributed by atoms with van der Waals surface area (Å²) in [5.41, 5.74) is 4.99. The predicted molar refractivity (Wildman–Crippen MR) is 165 cm³/mol. The molecule has 2 N–H and O–H groups in total. The van der Waals surface area contributed by atoms with Crippen molar-refractivity contribution in [2.45, 2.75) is 78.1 Å². The number of carbonyl (C=O) groups is 1. The van der Waals surface area contributed by atoms with Gasteiger partial charge < -0.3 is 19.9 Å². The van der Waals surface area contributed by atoms with Gasteiger partial charge in [-0.15, -0.1) is 0 Å². The van der Waals surface area contributed by atoms with Gasteiger partial charge in [-0.05, 0) is 65.5 Å². The van der Waals surface area contributed by atoms with Gasteiger partial charge in [0.2, 0.25) is 0 Å². The number of rotatable bonds is 7. The Kier molecular flexibility index (Phi) is 8.01. The zero-order valence-corrected chi connectivity index (χ0v) is 25.3. The van der Waals surface area contributed by atoms with Crippen LogP contribution in [-0.4, -0.2) is 41.1 Å². The van der Waals surface area contributed by atoms with Crippen molar-refractivity contribution in [1.82, 2.24) is 4.90 Å². The molecular weight excluding hydrogens is 524 g/mol. The highest BCUT2D eigenvalue weighted by molar-refractivity contribution is 6.04. The standard InChI is InChI=1S/C36H44N2O4/c1-24-31(20-38-23-36(4)19-30(38)18-35(2,3)22-36)41-34(42-32(24)26-12-10-25(21-39)11-13-26)28-14-16-29(17-15-28)37-33(40)27-8-6-5-7-9-27/h5-17,24,30-32,34,39H,18-23H2,1-4H3,(H,37,40). The van der Waals surface area contributed by atoms with Crippen LogP contribution in [0.5, 0.6) is 0 Å². The highest BCUT2D eigenvalue weighted by Gasteiger charge is 2.51. The lowest BCUT2D eigenvalue weighted by Crippen LogP contribution is -2.46. The molecule has 1 amide bonds. The number of benzene rings is 3. The van der Waals surface area contributed by atoms with Gasteiger partial charge in [0.15, 0.2) is 6.29 Å². The van der Waals surface area contributed by atoms with Crippen molar-refractivity contribution in [3.63, 3.8) is 0 Å². The van der Waals surface area contributed by atoms with E-state index in [1.54, 1.807) is 12.1 Å². The van der Waals surface area contributed by atoms with Crippen LogP contribution in [0.25, 0.3) is 0 Å². The lowest BCUT2D eigenvalue weighted by molar-refractivity contribution is -0.276. The van der Waals surface area contributed by atoms with E-state index in [9.17, 15) is 9.90 Å². The highest BCUT2D eigenvalue weighted by Crippen LogP contribution is 2.53. The Balaban J connectivity index is 1.22. The summed E-state index contributed by atoms with van der Waals surface area (Å²) >= 11 is 0. The summed E-state index contributed by atoms with van der Waals surface area (Å²) in [7, 11) is 0. The summed E-state index contributed by atoms with van der Waals surface area (Å²) in [6.07, 6.45) is 3.09. The van der Waals surface area contributed by atoms with E-state index in [-0.39, 0.29) is 30.6 Å². The Morgan fingerprint density at radius 1 is 0.929 bits per heavy atom. The minimum atomic E-state index is -0.526. The van der Waals surface area contributed by atoms with Gasteiger partial charge in [0.05, 0.1) is 18.8 Å². The lowest BCUT2D eigenvalue weighted by Gasteiger charge is -2.43. The molecule has 3 aromatic rings. The van der Waals surface area contributed by atoms with Crippen LogP contribution in [0, 0.1) is 16.7 Å². The molecule has 1 saturated carbocycles. The fraction of sp³-hybridized carbons (Fsp3) is 0.472. The van der Waals surface area contributed by atoms with Crippen molar-refractivity contribution < 1.29 is 19.4 Å². The molecule has 6 unspecified atom stereocenters. The molecule has 3 aliphatic rings. The average molecular weight is 569 g/mol. The first-order valence-corrected chi connectivity index (χ1v) is 15.3. The largest absolute Gasteiger partial charge is 0.392 e. The molecule has 222 valence electrons. The molecule has 3 aromatic carbocycles. The van der Waals surface area contributed by atoms with Crippen molar-refractivity contribution in [2.24, 2.45) is 16.7 Å². The molecule has 1 aliphatic carbocycles. The molecule has 6 rings (SSSR count). The summed E-state index contributed by atoms with van der Waals surface area (Å²) < 4.78 is 13.5. The van der Waals surface area contributed by atoms with Crippen LogP contribution < -0.4 is 5.32 Å². The molecule has 2 aliphatic heterocycles. The van der Waals surface area contributed by atoms with E-state index >= 15 is 0 Å². The maximum absolute atomic E-state index is 12.7. The van der Waals surface area contributed by atoms with E-state index in [1.807, 2.05) is 54.6 Å². The Morgan fingerprint density at radius 2 is 1.62 bits per heavy atom. The average Bonchev–Trinajstić information content (AvgIpc) is 3.22. The molecule has 6 heteroatoms. The van der Waals surface area contributed by atoms with Crippen LogP contribution in [0.2, 0.25) is 0 Å². The first-order valence-electron chi connectivity index (χ1n) is 15.3. The third-order valence-corrected chi connectivity index (χ3v) is 9.54. The molecule has 0 radical (unpaired) electrons. The minimum Gasteiger partial charge on any atom is -0.392 e. The van der Waals surface area contributed by atoms with Gasteiger partial charge in [-0.3, -0.25) is 9.69 Å². The smallest absolute Gasteiger partial charge is 0.255 e. The van der Waals surface area contributed by atoms with Gasteiger partial charge >= 0.3 is 0 Å². The van der Waals surface area contributed by atoms with Crippen LogP contribution in [0.4, 0.5) is 5.69 Å². The quantitative estimate of drug-likeness (QED) is 0.318. The number of hydrogen-bond donors (Lipinski definition) is 2. The molecule has 0 aromatic heterocycles. The second kappa shape index (κ2) is 11.6. The fourth-order valence-electron chi connectivity index (χ4n) is 7.87. The number of fused-ring (bicyclic) bond motifs is 2. The van der Waals surface area contributed by atoms with Crippen LogP contribution in [-0.2, 0) is 16.1 Å². The molecule has 42 heavy (non-hydrogen) atoms. The van der Waals surface area contributed by atoms with Crippen molar-refractivity contribution in [3.05, 3.63) is 101 Å². The van der Waals surface area contributed by atoms with E-state index in [2.05, 4.69) is 50.0 Å². The van der Waals surface area contributed by atoms with Crippen molar-refractivity contribution in [2.75, 3.05) is 18.4 Å². The van der Waals surface area contributed by atoms with Crippen LogP contribution >= 0.6 is 0 Å². The number of nitrogens with one attached hydrogen (secondary N) is 1. The van der Waals surface area contributed by atoms with Crippen LogP contribution in [0.3, 0.4) is 0 Å². The third kappa shape index (κ3) is 6.18. The fourth-order valence-corrected chi connectivity index (χ4v) is 7.87. The van der Waals surface area contributed by atoms with Gasteiger partial charge in [-0.2, -0.15) is 0 Å². The number of amides is 1. The van der Waals surface area contributed by atoms with Crippen molar-refractivity contribution in [3.8, 4) is 0 Å². The van der Waals surface area contributed by atoms with E-state index < -0.39 is 6.29 Å². The predicted octanol–water partition coefficient (Wildman–Crippen LogP) is 7.12. The van der Waals surface area contributed by atoms with Gasteiger partial charge in [-0.1, -0.05) is 82.3 Å². The summed E-state index contributed by atoms with van der Waals surface area (Å²) in [6, 6.07) is 25.7. The summed E-state index contributed by atoms with van der Waals surface area (Å²) in [5, 5.41) is 12.6. The number of aliphatic hydroxyl groups is 1. The molecule has 3 fully saturated rings. The van der Waals surface area contributed by atoms with E-state index in [1.165, 1.54) is 19.3 Å². The monoisotopic (exact) mass is 568 g/mol. The van der Waals surface area contributed by atoms with Crippen LogP contribution in [0.1, 0.15) is 86.4 Å². The Morgan fingerprint density at radius 3 is 2.31 bits per heavy atom. The summed E-state index contributed by atoms with van der Waals surface area (Å²) in [5.74, 6) is 0.00780. The molecule has 2 saturated heterocycles. The van der Waals surface area contributed by atoms with Gasteiger partial charge in [-0.25, -0.2) is 0 Å². The maximum Gasteiger partial charge on any atom is 0.255 e. The number of anilines is 1. The van der Waals surface area contributed by atoms with Crippen LogP contribution in [0.15, 0.2) is 78.9 Å². The zero-order chi connectivity index (χ0) is 29.5. The second-order valence-corrected chi connectivity index (χ2v) is 13.9. The topological polar surface area (TPSA) is 71.0 Å². The number of carbonyl (C=O) groups excluding carboxylic acids is 1. The highest BCUT2D eigenvalue weighted by atomic mass is 16.7. The Bertz CT molecular complexity index is 1370. The lowest BCUT2D eigenvalue weighted by atomic mass is 9.65. The van der Waals surface area contributed by atoms with Gasteiger partial charge in [0.1, 0.15) is 0 Å². The van der Waals surface area contributed by atoms with Gasteiger partial charge in [0, 0.05) is 41.9 Å². The molecular formula is C36H44N2O4. The first-order chi connectivity index (χ1) is 20.1. The molecule has 2 bridgehead atoms. The number of aliphatic hydroxyl groups excluding tert-OH is 1. The first kappa shape index (κ1) is 29.1. The van der Waals surface area contributed by atoms with E-state index in [0.717, 1.165) is 35.5 Å². The minimum absolute atomic E-state index is 0.00482. The number of ether oxygens (including phenoxy) is 2. The normalized spacial score (nSPS) is 30.6. The maximum atomic E-state index is 12.7. The Labute approximate surface area is 250 Å². The van der Waals surface area contributed by atoms with E-state index in [0.29, 0.717) is 22.4 Å². The third-order valence-electron chi connectivity index (χ3n) is 9.54. The van der Waals surface area contributed by atoms with Crippen molar-refractivity contribution in [1.29, 1.82) is 0 Å². The summed E-state index contributed by atoms with van der Waals surface area (Å²) in [6.45, 7) is 11.6. The molecule has 6 atom stereocenters. The Hall–Kier alpha value is -3.03. The molecule has 6 nitrogen and oxygen atoms in total. The number of nitrogens with zero attached hydrogens (tertiary/aromatic N) is 1. The number of hydrogen-bond acceptors (Lipinski definition) is 5. The SMILES string of the molecule is CC1C(CN2CC3(C)CC2CC(C)(C)C3)OC(c2ccc(NC(=O)c3ccccc3)cc2)OC1c1ccc(CO)cc1. The molecule has 2 heterocycles. The van der Waals surface area contributed by atoms with Crippen molar-refractivity contribution >= 4 is 11.6 Å². The second-order valence-electron chi connectivity index (χ2n) is 13.9. The zero-order valence-electron chi connectivity index (χ0n) is 25.3. The molecule has 0 spiro atoms. The van der Waals surface area contributed by atoms with Gasteiger partial charge in [0.25, 0.3) is 5.91 Å². The summed E-state index contributed by atoms with van der Waals surface area (Å²) in [4.78, 5) is 15.3.